The van der Waals surface area contributed by atoms with Gasteiger partial charge in [0.2, 0.25) is 0 Å². The van der Waals surface area contributed by atoms with Gasteiger partial charge in [-0.25, -0.2) is 4.98 Å². The molecule has 2 rings (SSSR count). The molecule has 0 fully saturated rings. The highest BCUT2D eigenvalue weighted by Gasteiger charge is 2.16. The van der Waals surface area contributed by atoms with Crippen molar-refractivity contribution in [2.45, 2.75) is 6.54 Å². The van der Waals surface area contributed by atoms with Crippen molar-refractivity contribution < 1.29 is 9.90 Å². The maximum absolute atomic E-state index is 12.4. The molecule has 0 unspecified atom stereocenters. The molecule has 2 aromatic rings. The van der Waals surface area contributed by atoms with Crippen LogP contribution in [0.3, 0.4) is 0 Å². The molecule has 0 bridgehead atoms. The summed E-state index contributed by atoms with van der Waals surface area (Å²) in [5, 5.41) is 9.47. The van der Waals surface area contributed by atoms with Gasteiger partial charge in [-0.1, -0.05) is 41.9 Å². The summed E-state index contributed by atoms with van der Waals surface area (Å²) in [6.07, 6.45) is 1.44. The van der Waals surface area contributed by atoms with Gasteiger partial charge >= 0.3 is 0 Å². The molecule has 0 spiro atoms. The van der Waals surface area contributed by atoms with E-state index >= 15 is 0 Å². The quantitative estimate of drug-likeness (QED) is 0.860. The number of pyridine rings is 1. The lowest BCUT2D eigenvalue weighted by Gasteiger charge is -2.21. The van der Waals surface area contributed by atoms with Gasteiger partial charge in [0.25, 0.3) is 5.91 Å². The van der Waals surface area contributed by atoms with E-state index in [0.717, 1.165) is 5.56 Å². The van der Waals surface area contributed by atoms with Crippen LogP contribution in [-0.4, -0.2) is 34.0 Å². The first kappa shape index (κ1) is 14.5. The fraction of sp³-hybridized carbons (Fsp3) is 0.200. The summed E-state index contributed by atoms with van der Waals surface area (Å²) < 4.78 is 0. The zero-order valence-corrected chi connectivity index (χ0v) is 11.6. The average Bonchev–Trinajstić information content (AvgIpc) is 2.48. The first-order valence-corrected chi connectivity index (χ1v) is 6.64. The molecule has 20 heavy (non-hydrogen) atoms. The van der Waals surface area contributed by atoms with Crippen LogP contribution in [0.5, 0.6) is 0 Å². The van der Waals surface area contributed by atoms with Crippen LogP contribution in [0.15, 0.2) is 48.7 Å². The Morgan fingerprint density at radius 3 is 2.55 bits per heavy atom. The van der Waals surface area contributed by atoms with Gasteiger partial charge in [-0.3, -0.25) is 4.79 Å². The summed E-state index contributed by atoms with van der Waals surface area (Å²) in [6.45, 7) is 0.638. The molecule has 0 radical (unpaired) electrons. The minimum absolute atomic E-state index is 0.0837. The van der Waals surface area contributed by atoms with Gasteiger partial charge in [-0.15, -0.1) is 0 Å². The smallest absolute Gasteiger partial charge is 0.255 e. The molecule has 0 saturated carbocycles. The van der Waals surface area contributed by atoms with Crippen molar-refractivity contribution in [2.75, 3.05) is 13.2 Å². The molecule has 1 N–H and O–H groups in total. The molecule has 1 heterocycles. The van der Waals surface area contributed by atoms with Gasteiger partial charge in [0.15, 0.2) is 0 Å². The number of halogens is 1. The van der Waals surface area contributed by atoms with Gasteiger partial charge in [0, 0.05) is 19.3 Å². The van der Waals surface area contributed by atoms with Crippen LogP contribution in [0.1, 0.15) is 15.9 Å². The van der Waals surface area contributed by atoms with E-state index in [1.165, 1.54) is 6.20 Å². The van der Waals surface area contributed by atoms with E-state index in [2.05, 4.69) is 4.98 Å². The van der Waals surface area contributed by atoms with Crippen LogP contribution in [0.25, 0.3) is 0 Å². The SMILES string of the molecule is O=C(c1ccc(Cl)nc1)N(CCO)Cc1ccccc1. The Labute approximate surface area is 122 Å². The molecular weight excluding hydrogens is 276 g/mol. The molecule has 1 aromatic carbocycles. The summed E-state index contributed by atoms with van der Waals surface area (Å²) >= 11 is 5.71. The maximum atomic E-state index is 12.4. The molecule has 0 aliphatic rings. The van der Waals surface area contributed by atoms with Crippen LogP contribution in [0, 0.1) is 0 Å². The molecule has 4 nitrogen and oxygen atoms in total. The molecule has 104 valence electrons. The predicted molar refractivity (Wildman–Crippen MR) is 77.5 cm³/mol. The lowest BCUT2D eigenvalue weighted by atomic mass is 10.2. The van der Waals surface area contributed by atoms with Crippen molar-refractivity contribution in [2.24, 2.45) is 0 Å². The predicted octanol–water partition coefficient (Wildman–Crippen LogP) is 2.37. The fourth-order valence-corrected chi connectivity index (χ4v) is 1.97. The number of amides is 1. The number of aliphatic hydroxyl groups is 1. The van der Waals surface area contributed by atoms with E-state index in [-0.39, 0.29) is 19.1 Å². The fourth-order valence-electron chi connectivity index (χ4n) is 1.86. The van der Waals surface area contributed by atoms with Crippen LogP contribution >= 0.6 is 11.6 Å². The maximum Gasteiger partial charge on any atom is 0.255 e. The third-order valence-electron chi connectivity index (χ3n) is 2.85. The summed E-state index contributed by atoms with van der Waals surface area (Å²) in [5.41, 5.74) is 1.47. The number of carbonyl (C=O) groups excluding carboxylic acids is 1. The third-order valence-corrected chi connectivity index (χ3v) is 3.07. The van der Waals surface area contributed by atoms with Gasteiger partial charge in [-0.05, 0) is 17.7 Å². The average molecular weight is 291 g/mol. The number of rotatable bonds is 5. The monoisotopic (exact) mass is 290 g/mol. The lowest BCUT2D eigenvalue weighted by Crippen LogP contribution is -2.33. The molecule has 5 heteroatoms. The number of hydrogen-bond donors (Lipinski definition) is 1. The number of hydrogen-bond acceptors (Lipinski definition) is 3. The van der Waals surface area contributed by atoms with E-state index < -0.39 is 0 Å². The molecule has 0 aliphatic carbocycles. The third kappa shape index (κ3) is 3.79. The van der Waals surface area contributed by atoms with E-state index in [9.17, 15) is 4.79 Å². The van der Waals surface area contributed by atoms with Crippen molar-refractivity contribution >= 4 is 17.5 Å². The van der Waals surface area contributed by atoms with Crippen molar-refractivity contribution in [3.8, 4) is 0 Å². The minimum atomic E-state index is -0.174. The first-order valence-electron chi connectivity index (χ1n) is 6.26. The van der Waals surface area contributed by atoms with Crippen molar-refractivity contribution in [1.29, 1.82) is 0 Å². The minimum Gasteiger partial charge on any atom is -0.395 e. The van der Waals surface area contributed by atoms with E-state index in [0.29, 0.717) is 17.3 Å². The zero-order chi connectivity index (χ0) is 14.4. The summed E-state index contributed by atoms with van der Waals surface area (Å²) in [6, 6.07) is 12.9. The highest BCUT2D eigenvalue weighted by atomic mass is 35.5. The standard InChI is InChI=1S/C15H15ClN2O2/c16-14-7-6-13(10-17-14)15(20)18(8-9-19)11-12-4-2-1-3-5-12/h1-7,10,19H,8-9,11H2. The molecule has 0 saturated heterocycles. The number of carbonyl (C=O) groups is 1. The Morgan fingerprint density at radius 2 is 1.95 bits per heavy atom. The number of benzene rings is 1. The Hall–Kier alpha value is -1.91. The van der Waals surface area contributed by atoms with Crippen molar-refractivity contribution in [1.82, 2.24) is 9.88 Å². The Kier molecular flexibility index (Phi) is 5.09. The number of aromatic nitrogens is 1. The Morgan fingerprint density at radius 1 is 1.20 bits per heavy atom. The first-order chi connectivity index (χ1) is 9.70. The molecular formula is C15H15ClN2O2. The lowest BCUT2D eigenvalue weighted by molar-refractivity contribution is 0.0707. The van der Waals surface area contributed by atoms with Crippen LogP contribution in [0.2, 0.25) is 5.15 Å². The zero-order valence-electron chi connectivity index (χ0n) is 10.9. The number of nitrogens with zero attached hydrogens (tertiary/aromatic N) is 2. The summed E-state index contributed by atoms with van der Waals surface area (Å²) in [4.78, 5) is 17.9. The second kappa shape index (κ2) is 7.03. The van der Waals surface area contributed by atoms with Gasteiger partial charge in [-0.2, -0.15) is 0 Å². The molecule has 1 amide bonds. The van der Waals surface area contributed by atoms with E-state index in [4.69, 9.17) is 16.7 Å². The molecule has 1 aromatic heterocycles. The van der Waals surface area contributed by atoms with Crippen molar-refractivity contribution in [3.63, 3.8) is 0 Å². The van der Waals surface area contributed by atoms with E-state index in [1.54, 1.807) is 17.0 Å². The topological polar surface area (TPSA) is 53.4 Å². The second-order valence-corrected chi connectivity index (χ2v) is 4.69. The largest absolute Gasteiger partial charge is 0.395 e. The Bertz CT molecular complexity index is 558. The summed E-state index contributed by atoms with van der Waals surface area (Å²) in [7, 11) is 0. The van der Waals surface area contributed by atoms with Gasteiger partial charge < -0.3 is 10.0 Å². The van der Waals surface area contributed by atoms with E-state index in [1.807, 2.05) is 30.3 Å². The highest BCUT2D eigenvalue weighted by molar-refractivity contribution is 6.29. The van der Waals surface area contributed by atoms with Crippen LogP contribution in [-0.2, 0) is 6.54 Å². The van der Waals surface area contributed by atoms with Gasteiger partial charge in [0.05, 0.1) is 12.2 Å². The highest BCUT2D eigenvalue weighted by Crippen LogP contribution is 2.11. The molecule has 0 aliphatic heterocycles. The van der Waals surface area contributed by atoms with Crippen molar-refractivity contribution in [3.05, 3.63) is 64.9 Å². The molecule has 0 atom stereocenters. The normalized spacial score (nSPS) is 10.3. The van der Waals surface area contributed by atoms with Gasteiger partial charge in [0.1, 0.15) is 5.15 Å². The second-order valence-electron chi connectivity index (χ2n) is 4.31. The summed E-state index contributed by atoms with van der Waals surface area (Å²) in [5.74, 6) is -0.174. The number of aliphatic hydroxyl groups excluding tert-OH is 1. The van der Waals surface area contributed by atoms with Crippen LogP contribution in [0.4, 0.5) is 0 Å². The van der Waals surface area contributed by atoms with Crippen LogP contribution < -0.4 is 0 Å². The Balaban J connectivity index is 2.15.